The van der Waals surface area contributed by atoms with Gasteiger partial charge >= 0.3 is 0 Å². The van der Waals surface area contributed by atoms with Crippen LogP contribution in [-0.2, 0) is 0 Å². The summed E-state index contributed by atoms with van der Waals surface area (Å²) in [6.45, 7) is 1.96. The number of rotatable bonds is 4. The summed E-state index contributed by atoms with van der Waals surface area (Å²) >= 11 is 0. The largest absolute Gasteiger partial charge is 0.491 e. The van der Waals surface area contributed by atoms with Crippen LogP contribution in [0.1, 0.15) is 27.6 Å². The number of aldehydes is 2. The van der Waals surface area contributed by atoms with E-state index < -0.39 is 5.82 Å². The van der Waals surface area contributed by atoms with Crippen molar-refractivity contribution < 1.29 is 18.7 Å². The summed E-state index contributed by atoms with van der Waals surface area (Å²) in [6.07, 6.45) is 0.889. The lowest BCUT2D eigenvalue weighted by atomic mass is 10.1. The standard InChI is InChI=1S/C10H9FO3/c1-2-14-9-4-7(5-12)3-8(6-13)10(9)11/h3-6H,2H2,1H3. The molecule has 0 heterocycles. The minimum atomic E-state index is -0.729. The molecule has 14 heavy (non-hydrogen) atoms. The zero-order valence-electron chi connectivity index (χ0n) is 7.62. The van der Waals surface area contributed by atoms with Gasteiger partial charge in [-0.2, -0.15) is 0 Å². The van der Waals surface area contributed by atoms with E-state index in [-0.39, 0.29) is 23.5 Å². The van der Waals surface area contributed by atoms with Gasteiger partial charge in [0.2, 0.25) is 0 Å². The van der Waals surface area contributed by atoms with Crippen LogP contribution in [0.25, 0.3) is 0 Å². The fraction of sp³-hybridized carbons (Fsp3) is 0.200. The van der Waals surface area contributed by atoms with Crippen LogP contribution in [0.5, 0.6) is 5.75 Å². The van der Waals surface area contributed by atoms with Crippen molar-refractivity contribution in [2.24, 2.45) is 0 Å². The molecule has 0 aromatic heterocycles. The fourth-order valence-electron chi connectivity index (χ4n) is 1.06. The van der Waals surface area contributed by atoms with Crippen molar-refractivity contribution in [1.82, 2.24) is 0 Å². The smallest absolute Gasteiger partial charge is 0.175 e. The molecule has 0 spiro atoms. The number of halogens is 1. The van der Waals surface area contributed by atoms with E-state index in [0.29, 0.717) is 12.6 Å². The number of carbonyl (C=O) groups is 2. The van der Waals surface area contributed by atoms with E-state index in [2.05, 4.69) is 0 Å². The predicted molar refractivity (Wildman–Crippen MR) is 48.3 cm³/mol. The van der Waals surface area contributed by atoms with Crippen LogP contribution in [0.4, 0.5) is 4.39 Å². The third-order valence-electron chi connectivity index (χ3n) is 1.65. The molecule has 0 atom stereocenters. The first kappa shape index (κ1) is 10.4. The van der Waals surface area contributed by atoms with Crippen molar-refractivity contribution in [3.63, 3.8) is 0 Å². The van der Waals surface area contributed by atoms with E-state index in [9.17, 15) is 14.0 Å². The summed E-state index contributed by atoms with van der Waals surface area (Å²) in [7, 11) is 0. The summed E-state index contributed by atoms with van der Waals surface area (Å²) in [6, 6.07) is 2.44. The Labute approximate surface area is 80.5 Å². The summed E-state index contributed by atoms with van der Waals surface area (Å²) < 4.78 is 18.2. The van der Waals surface area contributed by atoms with Gasteiger partial charge in [0.05, 0.1) is 12.2 Å². The lowest BCUT2D eigenvalue weighted by Gasteiger charge is -2.06. The van der Waals surface area contributed by atoms with Crippen LogP contribution in [0.15, 0.2) is 12.1 Å². The van der Waals surface area contributed by atoms with Crippen LogP contribution in [-0.4, -0.2) is 19.2 Å². The second kappa shape index (κ2) is 4.50. The molecule has 74 valence electrons. The Balaban J connectivity index is 3.25. The molecule has 0 unspecified atom stereocenters. The molecule has 1 rings (SSSR count). The normalized spacial score (nSPS) is 9.57. The highest BCUT2D eigenvalue weighted by molar-refractivity contribution is 5.83. The molecule has 0 fully saturated rings. The number of benzene rings is 1. The van der Waals surface area contributed by atoms with Gasteiger partial charge in [-0.1, -0.05) is 0 Å². The number of hydrogen-bond acceptors (Lipinski definition) is 3. The minimum Gasteiger partial charge on any atom is -0.491 e. The number of hydrogen-bond donors (Lipinski definition) is 0. The SMILES string of the molecule is CCOc1cc(C=O)cc(C=O)c1F. The molecule has 0 amide bonds. The zero-order valence-corrected chi connectivity index (χ0v) is 7.62. The maximum atomic E-state index is 13.3. The number of carbonyl (C=O) groups excluding carboxylic acids is 2. The molecule has 0 saturated heterocycles. The van der Waals surface area contributed by atoms with Crippen LogP contribution < -0.4 is 4.74 Å². The van der Waals surface area contributed by atoms with Crippen LogP contribution in [0, 0.1) is 5.82 Å². The molecule has 4 heteroatoms. The third kappa shape index (κ3) is 1.96. The molecule has 0 bridgehead atoms. The van der Waals surface area contributed by atoms with Crippen molar-refractivity contribution in [2.75, 3.05) is 6.61 Å². The van der Waals surface area contributed by atoms with Gasteiger partial charge in [-0.3, -0.25) is 9.59 Å². The summed E-state index contributed by atoms with van der Waals surface area (Å²) in [5, 5.41) is 0. The van der Waals surface area contributed by atoms with Crippen molar-refractivity contribution in [2.45, 2.75) is 6.92 Å². The average molecular weight is 196 g/mol. The molecule has 0 radical (unpaired) electrons. The Kier molecular flexibility index (Phi) is 3.34. The lowest BCUT2D eigenvalue weighted by molar-refractivity contribution is 0.111. The van der Waals surface area contributed by atoms with Crippen molar-refractivity contribution >= 4 is 12.6 Å². The monoisotopic (exact) mass is 196 g/mol. The van der Waals surface area contributed by atoms with Gasteiger partial charge in [-0.05, 0) is 19.1 Å². The van der Waals surface area contributed by atoms with Crippen LogP contribution in [0.3, 0.4) is 0 Å². The molecule has 0 aliphatic carbocycles. The van der Waals surface area contributed by atoms with Crippen molar-refractivity contribution in [3.8, 4) is 5.75 Å². The second-order valence-corrected chi connectivity index (χ2v) is 2.59. The Morgan fingerprint density at radius 2 is 2.07 bits per heavy atom. The first-order valence-corrected chi connectivity index (χ1v) is 4.09. The zero-order chi connectivity index (χ0) is 10.6. The minimum absolute atomic E-state index is 0.0702. The fourth-order valence-corrected chi connectivity index (χ4v) is 1.06. The molecule has 3 nitrogen and oxygen atoms in total. The van der Waals surface area contributed by atoms with Gasteiger partial charge in [-0.25, -0.2) is 4.39 Å². The Bertz CT molecular complexity index is 361. The Morgan fingerprint density at radius 3 is 2.57 bits per heavy atom. The van der Waals surface area contributed by atoms with E-state index in [1.165, 1.54) is 12.1 Å². The molecule has 0 aliphatic heterocycles. The van der Waals surface area contributed by atoms with Crippen LogP contribution >= 0.6 is 0 Å². The Hall–Kier alpha value is -1.71. The van der Waals surface area contributed by atoms with Crippen molar-refractivity contribution in [1.29, 1.82) is 0 Å². The quantitative estimate of drug-likeness (QED) is 0.690. The topological polar surface area (TPSA) is 43.4 Å². The van der Waals surface area contributed by atoms with Crippen LogP contribution in [0.2, 0.25) is 0 Å². The van der Waals surface area contributed by atoms with Gasteiger partial charge < -0.3 is 4.74 Å². The highest BCUT2D eigenvalue weighted by atomic mass is 19.1. The molecular weight excluding hydrogens is 187 g/mol. The molecule has 0 saturated carbocycles. The van der Waals surface area contributed by atoms with E-state index in [1.807, 2.05) is 0 Å². The highest BCUT2D eigenvalue weighted by Gasteiger charge is 2.10. The maximum Gasteiger partial charge on any atom is 0.175 e. The molecule has 0 N–H and O–H groups in total. The van der Waals surface area contributed by atoms with E-state index in [1.54, 1.807) is 6.92 Å². The average Bonchev–Trinajstić information content (AvgIpc) is 2.21. The third-order valence-corrected chi connectivity index (χ3v) is 1.65. The molecule has 1 aromatic rings. The lowest BCUT2D eigenvalue weighted by Crippen LogP contribution is -1.99. The summed E-state index contributed by atoms with van der Waals surface area (Å²) in [5.41, 5.74) is 0.0509. The Morgan fingerprint density at radius 1 is 1.36 bits per heavy atom. The maximum absolute atomic E-state index is 13.3. The van der Waals surface area contributed by atoms with E-state index >= 15 is 0 Å². The predicted octanol–water partition coefficient (Wildman–Crippen LogP) is 1.85. The molecule has 1 aromatic carbocycles. The first-order valence-electron chi connectivity index (χ1n) is 4.09. The molecule has 0 aliphatic rings. The van der Waals surface area contributed by atoms with Gasteiger partial charge in [-0.15, -0.1) is 0 Å². The van der Waals surface area contributed by atoms with Gasteiger partial charge in [0.25, 0.3) is 0 Å². The summed E-state index contributed by atoms with van der Waals surface area (Å²) in [4.78, 5) is 20.9. The van der Waals surface area contributed by atoms with Crippen molar-refractivity contribution in [3.05, 3.63) is 29.1 Å². The van der Waals surface area contributed by atoms with Gasteiger partial charge in [0, 0.05) is 5.56 Å². The van der Waals surface area contributed by atoms with Gasteiger partial charge in [0.15, 0.2) is 17.9 Å². The highest BCUT2D eigenvalue weighted by Crippen LogP contribution is 2.21. The van der Waals surface area contributed by atoms with E-state index in [4.69, 9.17) is 4.74 Å². The number of ether oxygens (including phenoxy) is 1. The molecular formula is C10H9FO3. The second-order valence-electron chi connectivity index (χ2n) is 2.59. The first-order chi connectivity index (χ1) is 6.72. The van der Waals surface area contributed by atoms with Gasteiger partial charge in [0.1, 0.15) is 6.29 Å². The summed E-state index contributed by atoms with van der Waals surface area (Å²) in [5.74, 6) is -0.799. The van der Waals surface area contributed by atoms with E-state index in [0.717, 1.165) is 0 Å².